The van der Waals surface area contributed by atoms with Crippen LogP contribution in [0.15, 0.2) is 18.6 Å². The van der Waals surface area contributed by atoms with Crippen LogP contribution in [0.5, 0.6) is 0 Å². The second-order valence-electron chi connectivity index (χ2n) is 4.70. The molecule has 2 rings (SSSR count). The van der Waals surface area contributed by atoms with Crippen LogP contribution < -0.4 is 5.32 Å². The lowest BCUT2D eigenvalue weighted by molar-refractivity contribution is 0.311. The van der Waals surface area contributed by atoms with Gasteiger partial charge in [0.15, 0.2) is 0 Å². The first kappa shape index (κ1) is 14.2. The van der Waals surface area contributed by atoms with Gasteiger partial charge < -0.3 is 5.32 Å². The van der Waals surface area contributed by atoms with E-state index in [1.54, 1.807) is 20.3 Å². The summed E-state index contributed by atoms with van der Waals surface area (Å²) in [7, 11) is -0.171. The van der Waals surface area contributed by atoms with Crippen LogP contribution in [0.3, 0.4) is 0 Å². The molecule has 0 saturated carbocycles. The minimum absolute atomic E-state index is 0.253. The van der Waals surface area contributed by atoms with Gasteiger partial charge in [-0.1, -0.05) is 0 Å². The number of rotatable bonds is 4. The van der Waals surface area contributed by atoms with Crippen molar-refractivity contribution in [2.45, 2.75) is 18.9 Å². The summed E-state index contributed by atoms with van der Waals surface area (Å²) < 4.78 is 26.7. The highest BCUT2D eigenvalue weighted by Gasteiger charge is 2.29. The fraction of sp³-hybridized carbons (Fsp3) is 0.636. The minimum atomic E-state index is -3.28. The van der Waals surface area contributed by atoms with Crippen LogP contribution >= 0.6 is 0 Å². The first-order valence-electron chi connectivity index (χ1n) is 6.20. The summed E-state index contributed by atoms with van der Waals surface area (Å²) in [5.74, 6) is 0.781. The molecule has 0 aliphatic carbocycles. The highest BCUT2D eigenvalue weighted by molar-refractivity contribution is 7.86. The number of anilines is 1. The van der Waals surface area contributed by atoms with E-state index >= 15 is 0 Å². The molecule has 1 aliphatic rings. The molecule has 0 atom stereocenters. The van der Waals surface area contributed by atoms with Gasteiger partial charge in [0.1, 0.15) is 12.1 Å². The molecule has 2 heterocycles. The highest BCUT2D eigenvalue weighted by atomic mass is 32.2. The highest BCUT2D eigenvalue weighted by Crippen LogP contribution is 2.18. The quantitative estimate of drug-likeness (QED) is 0.852. The number of hydrogen-bond acceptors (Lipinski definition) is 5. The van der Waals surface area contributed by atoms with Gasteiger partial charge in [-0.3, -0.25) is 0 Å². The second kappa shape index (κ2) is 5.81. The molecule has 0 spiro atoms. The predicted octanol–water partition coefficient (Wildman–Crippen LogP) is 0.159. The number of nitrogens with one attached hydrogen (secondary N) is 1. The average Bonchev–Trinajstić information content (AvgIpc) is 2.40. The maximum Gasteiger partial charge on any atom is 0.281 e. The Kier molecular flexibility index (Phi) is 4.33. The Bertz CT molecular complexity index is 497. The molecule has 106 valence electrons. The van der Waals surface area contributed by atoms with Gasteiger partial charge in [-0.25, -0.2) is 9.97 Å². The molecule has 7 nitrogen and oxygen atoms in total. The lowest BCUT2D eigenvalue weighted by Crippen LogP contribution is -2.46. The molecule has 0 unspecified atom stereocenters. The standard InChI is InChI=1S/C11H19N5O2S/c1-15(2)19(17,18)16-7-4-10(5-8-16)14-11-3-6-12-9-13-11/h3,6,9-10H,4-5,7-8H2,1-2H3,(H,12,13,14). The summed E-state index contributed by atoms with van der Waals surface area (Å²) >= 11 is 0. The van der Waals surface area contributed by atoms with Crippen molar-refractivity contribution in [2.24, 2.45) is 0 Å². The summed E-state index contributed by atoms with van der Waals surface area (Å²) in [5.41, 5.74) is 0. The number of hydrogen-bond donors (Lipinski definition) is 1. The van der Waals surface area contributed by atoms with E-state index in [1.165, 1.54) is 14.9 Å². The van der Waals surface area contributed by atoms with Crippen molar-refractivity contribution in [1.82, 2.24) is 18.6 Å². The third kappa shape index (κ3) is 3.40. The molecular weight excluding hydrogens is 266 g/mol. The van der Waals surface area contributed by atoms with Gasteiger partial charge in [0, 0.05) is 39.4 Å². The van der Waals surface area contributed by atoms with E-state index in [4.69, 9.17) is 0 Å². The largest absolute Gasteiger partial charge is 0.367 e. The van der Waals surface area contributed by atoms with Crippen LogP contribution in [0.2, 0.25) is 0 Å². The van der Waals surface area contributed by atoms with E-state index < -0.39 is 10.2 Å². The number of nitrogens with zero attached hydrogens (tertiary/aromatic N) is 4. The van der Waals surface area contributed by atoms with Gasteiger partial charge in [-0.2, -0.15) is 17.0 Å². The summed E-state index contributed by atoms with van der Waals surface area (Å²) in [6.45, 7) is 1.06. The normalized spacial score (nSPS) is 18.7. The van der Waals surface area contributed by atoms with E-state index in [2.05, 4.69) is 15.3 Å². The zero-order valence-corrected chi connectivity index (χ0v) is 12.0. The van der Waals surface area contributed by atoms with E-state index in [0.717, 1.165) is 18.7 Å². The third-order valence-corrected chi connectivity index (χ3v) is 5.12. The lowest BCUT2D eigenvalue weighted by Gasteiger charge is -2.33. The molecule has 0 radical (unpaired) electrons. The van der Waals surface area contributed by atoms with Crippen molar-refractivity contribution in [2.75, 3.05) is 32.5 Å². The Labute approximate surface area is 113 Å². The Morgan fingerprint density at radius 3 is 2.58 bits per heavy atom. The van der Waals surface area contributed by atoms with Crippen molar-refractivity contribution in [3.63, 3.8) is 0 Å². The zero-order chi connectivity index (χ0) is 13.9. The maximum atomic E-state index is 12.0. The Balaban J connectivity index is 1.90. The molecular formula is C11H19N5O2S. The molecule has 1 N–H and O–H groups in total. The molecule has 1 aliphatic heterocycles. The molecule has 0 amide bonds. The van der Waals surface area contributed by atoms with Crippen LogP contribution in [-0.4, -0.2) is 60.2 Å². The van der Waals surface area contributed by atoms with Gasteiger partial charge in [0.05, 0.1) is 0 Å². The topological polar surface area (TPSA) is 78.4 Å². The third-order valence-electron chi connectivity index (χ3n) is 3.18. The summed E-state index contributed by atoms with van der Waals surface area (Å²) in [6.07, 6.45) is 4.73. The van der Waals surface area contributed by atoms with Crippen LogP contribution in [0.4, 0.5) is 5.82 Å². The average molecular weight is 285 g/mol. The zero-order valence-electron chi connectivity index (χ0n) is 11.2. The molecule has 8 heteroatoms. The Hall–Kier alpha value is -1.25. The van der Waals surface area contributed by atoms with E-state index in [0.29, 0.717) is 13.1 Å². The fourth-order valence-corrected chi connectivity index (χ4v) is 3.18. The molecule has 19 heavy (non-hydrogen) atoms. The monoisotopic (exact) mass is 285 g/mol. The van der Waals surface area contributed by atoms with Gasteiger partial charge in [-0.15, -0.1) is 0 Å². The molecule has 1 aromatic heterocycles. The van der Waals surface area contributed by atoms with Crippen molar-refractivity contribution >= 4 is 16.0 Å². The van der Waals surface area contributed by atoms with Gasteiger partial charge in [0.2, 0.25) is 0 Å². The van der Waals surface area contributed by atoms with Crippen molar-refractivity contribution in [1.29, 1.82) is 0 Å². The van der Waals surface area contributed by atoms with Crippen molar-refractivity contribution in [3.05, 3.63) is 18.6 Å². The molecule has 0 bridgehead atoms. The predicted molar refractivity (Wildman–Crippen MR) is 72.9 cm³/mol. The molecule has 1 aromatic rings. The van der Waals surface area contributed by atoms with Gasteiger partial charge >= 0.3 is 0 Å². The van der Waals surface area contributed by atoms with Crippen LogP contribution in [0.25, 0.3) is 0 Å². The van der Waals surface area contributed by atoms with Gasteiger partial charge in [-0.05, 0) is 18.9 Å². The first-order valence-corrected chi connectivity index (χ1v) is 7.60. The SMILES string of the molecule is CN(C)S(=O)(=O)N1CCC(Nc2ccncn2)CC1. The maximum absolute atomic E-state index is 12.0. The Morgan fingerprint density at radius 2 is 2.05 bits per heavy atom. The number of aromatic nitrogens is 2. The van der Waals surface area contributed by atoms with E-state index in [1.807, 2.05) is 6.07 Å². The Morgan fingerprint density at radius 1 is 1.37 bits per heavy atom. The summed E-state index contributed by atoms with van der Waals surface area (Å²) in [4.78, 5) is 7.96. The van der Waals surface area contributed by atoms with E-state index in [9.17, 15) is 8.42 Å². The molecule has 1 saturated heterocycles. The van der Waals surface area contributed by atoms with Crippen LogP contribution in [0.1, 0.15) is 12.8 Å². The number of piperidine rings is 1. The lowest BCUT2D eigenvalue weighted by atomic mass is 10.1. The molecule has 1 fully saturated rings. The van der Waals surface area contributed by atoms with Crippen LogP contribution in [-0.2, 0) is 10.2 Å². The van der Waals surface area contributed by atoms with E-state index in [-0.39, 0.29) is 6.04 Å². The summed E-state index contributed by atoms with van der Waals surface area (Å²) in [6, 6.07) is 2.06. The smallest absolute Gasteiger partial charge is 0.281 e. The first-order chi connectivity index (χ1) is 9.00. The summed E-state index contributed by atoms with van der Waals surface area (Å²) in [5, 5.41) is 3.30. The van der Waals surface area contributed by atoms with Crippen LogP contribution in [0, 0.1) is 0 Å². The second-order valence-corrected chi connectivity index (χ2v) is 6.84. The fourth-order valence-electron chi connectivity index (χ4n) is 2.05. The minimum Gasteiger partial charge on any atom is -0.367 e. The van der Waals surface area contributed by atoms with Crippen molar-refractivity contribution < 1.29 is 8.42 Å². The molecule has 0 aromatic carbocycles. The van der Waals surface area contributed by atoms with Crippen molar-refractivity contribution in [3.8, 4) is 0 Å². The van der Waals surface area contributed by atoms with Gasteiger partial charge in [0.25, 0.3) is 10.2 Å².